The maximum absolute atomic E-state index is 13.1. The molecule has 5 heteroatoms. The van der Waals surface area contributed by atoms with Crippen LogP contribution in [-0.2, 0) is 17.8 Å². The van der Waals surface area contributed by atoms with E-state index >= 15 is 0 Å². The maximum atomic E-state index is 13.1. The van der Waals surface area contributed by atoms with Crippen LogP contribution in [0.1, 0.15) is 29.5 Å². The van der Waals surface area contributed by atoms with Crippen molar-refractivity contribution >= 4 is 17.3 Å². The van der Waals surface area contributed by atoms with Crippen LogP contribution in [0.3, 0.4) is 0 Å². The molecule has 2 N–H and O–H groups in total. The summed E-state index contributed by atoms with van der Waals surface area (Å²) in [5.74, 6) is 0.234. The highest BCUT2D eigenvalue weighted by atomic mass is 16.2. The highest BCUT2D eigenvalue weighted by Crippen LogP contribution is 2.31. The fourth-order valence-electron chi connectivity index (χ4n) is 4.56. The van der Waals surface area contributed by atoms with Gasteiger partial charge in [0.25, 0.3) is 0 Å². The number of benzene rings is 2. The Morgan fingerprint density at radius 2 is 1.83 bits per heavy atom. The molecule has 0 spiro atoms. The third kappa shape index (κ3) is 4.56. The summed E-state index contributed by atoms with van der Waals surface area (Å²) >= 11 is 0. The number of anilines is 2. The molecule has 2 aromatic rings. The molecular weight excluding hydrogens is 360 g/mol. The van der Waals surface area contributed by atoms with Gasteiger partial charge in [0, 0.05) is 50.6 Å². The maximum Gasteiger partial charge on any atom is 0.242 e. The van der Waals surface area contributed by atoms with Crippen LogP contribution in [-0.4, -0.2) is 55.0 Å². The Bertz CT molecular complexity index is 866. The molecule has 0 saturated carbocycles. The van der Waals surface area contributed by atoms with E-state index in [2.05, 4.69) is 52.0 Å². The molecule has 1 fully saturated rings. The molecule has 1 saturated heterocycles. The fraction of sp³-hybridized carbons (Fsp3) is 0.458. The lowest BCUT2D eigenvalue weighted by Crippen LogP contribution is -2.43. The Labute approximate surface area is 174 Å². The van der Waals surface area contributed by atoms with E-state index in [0.717, 1.165) is 69.9 Å². The number of rotatable bonds is 4. The quantitative estimate of drug-likeness (QED) is 0.813. The fourth-order valence-corrected chi connectivity index (χ4v) is 4.56. The van der Waals surface area contributed by atoms with E-state index < -0.39 is 0 Å². The molecule has 29 heavy (non-hydrogen) atoms. The number of carbonyl (C=O) groups excluding carboxylic acids is 1. The van der Waals surface area contributed by atoms with Crippen molar-refractivity contribution in [2.75, 3.05) is 49.9 Å². The highest BCUT2D eigenvalue weighted by molar-refractivity contribution is 5.82. The third-order valence-electron chi connectivity index (χ3n) is 6.31. The summed E-state index contributed by atoms with van der Waals surface area (Å²) in [6.07, 6.45) is 3.09. The van der Waals surface area contributed by atoms with Crippen LogP contribution >= 0.6 is 0 Å². The molecule has 0 aliphatic carbocycles. The summed E-state index contributed by atoms with van der Waals surface area (Å²) in [6, 6.07) is 14.6. The van der Waals surface area contributed by atoms with Crippen molar-refractivity contribution in [1.29, 1.82) is 0 Å². The Kier molecular flexibility index (Phi) is 6.05. The van der Waals surface area contributed by atoms with E-state index in [1.54, 1.807) is 0 Å². The van der Waals surface area contributed by atoms with Crippen LogP contribution in [0, 0.1) is 6.92 Å². The van der Waals surface area contributed by atoms with Crippen LogP contribution < -0.4 is 10.6 Å². The molecule has 1 amide bonds. The summed E-state index contributed by atoms with van der Waals surface area (Å²) in [5.41, 5.74) is 12.1. The number of fused-ring (bicyclic) bond motifs is 1. The summed E-state index contributed by atoms with van der Waals surface area (Å²) < 4.78 is 0. The lowest BCUT2D eigenvalue weighted by Gasteiger charge is -2.33. The number of amides is 1. The highest BCUT2D eigenvalue weighted by Gasteiger charge is 2.24. The number of nitrogen functional groups attached to an aromatic ring is 1. The van der Waals surface area contributed by atoms with Crippen molar-refractivity contribution in [2.45, 2.75) is 32.7 Å². The van der Waals surface area contributed by atoms with E-state index in [0.29, 0.717) is 6.54 Å². The molecule has 0 atom stereocenters. The molecule has 2 aliphatic rings. The Morgan fingerprint density at radius 3 is 2.69 bits per heavy atom. The molecule has 0 unspecified atom stereocenters. The molecule has 0 radical (unpaired) electrons. The third-order valence-corrected chi connectivity index (χ3v) is 6.31. The first-order valence-electron chi connectivity index (χ1n) is 10.8. The van der Waals surface area contributed by atoms with Gasteiger partial charge in [-0.25, -0.2) is 0 Å². The second kappa shape index (κ2) is 8.87. The van der Waals surface area contributed by atoms with Gasteiger partial charge in [-0.15, -0.1) is 0 Å². The van der Waals surface area contributed by atoms with Crippen LogP contribution in [0.15, 0.2) is 42.5 Å². The monoisotopic (exact) mass is 392 g/mol. The number of nitrogens with two attached hydrogens (primary N) is 1. The minimum atomic E-state index is 0.234. The summed E-state index contributed by atoms with van der Waals surface area (Å²) in [6.45, 7) is 8.15. The minimum absolute atomic E-state index is 0.234. The number of hydrogen-bond donors (Lipinski definition) is 1. The van der Waals surface area contributed by atoms with E-state index in [1.807, 2.05) is 12.1 Å². The van der Waals surface area contributed by atoms with Gasteiger partial charge in [0.1, 0.15) is 0 Å². The molecular formula is C24H32N4O. The number of nitrogens with zero attached hydrogens (tertiary/aromatic N) is 3. The van der Waals surface area contributed by atoms with Crippen LogP contribution in [0.25, 0.3) is 0 Å². The predicted molar refractivity (Wildman–Crippen MR) is 119 cm³/mol. The van der Waals surface area contributed by atoms with Gasteiger partial charge in [0.05, 0.1) is 6.54 Å². The van der Waals surface area contributed by atoms with Crippen molar-refractivity contribution in [1.82, 2.24) is 9.80 Å². The summed E-state index contributed by atoms with van der Waals surface area (Å²) in [7, 11) is 0. The zero-order valence-corrected chi connectivity index (χ0v) is 17.4. The second-order valence-corrected chi connectivity index (χ2v) is 8.31. The van der Waals surface area contributed by atoms with Gasteiger partial charge in [-0.3, -0.25) is 9.69 Å². The Hall–Kier alpha value is -2.53. The first kappa shape index (κ1) is 19.8. The summed E-state index contributed by atoms with van der Waals surface area (Å²) in [5, 5.41) is 0. The van der Waals surface area contributed by atoms with Crippen LogP contribution in [0.2, 0.25) is 0 Å². The first-order chi connectivity index (χ1) is 14.1. The predicted octanol–water partition coefficient (Wildman–Crippen LogP) is 3.06. The normalized spacial score (nSPS) is 17.7. The smallest absolute Gasteiger partial charge is 0.242 e. The Morgan fingerprint density at radius 1 is 0.966 bits per heavy atom. The Balaban J connectivity index is 1.36. The number of aryl methyl sites for hydroxylation is 1. The average Bonchev–Trinajstić information content (AvgIpc) is 2.96. The van der Waals surface area contributed by atoms with Crippen molar-refractivity contribution in [2.24, 2.45) is 0 Å². The van der Waals surface area contributed by atoms with Gasteiger partial charge in [-0.05, 0) is 55.0 Å². The van der Waals surface area contributed by atoms with E-state index in [-0.39, 0.29) is 5.91 Å². The zero-order chi connectivity index (χ0) is 20.2. The number of hydrogen-bond acceptors (Lipinski definition) is 4. The lowest BCUT2D eigenvalue weighted by atomic mass is 10.00. The van der Waals surface area contributed by atoms with Crippen LogP contribution in [0.5, 0.6) is 0 Å². The van der Waals surface area contributed by atoms with Gasteiger partial charge in [-0.2, -0.15) is 0 Å². The lowest BCUT2D eigenvalue weighted by molar-refractivity contribution is -0.129. The van der Waals surface area contributed by atoms with E-state index in [9.17, 15) is 4.79 Å². The molecule has 4 rings (SSSR count). The zero-order valence-electron chi connectivity index (χ0n) is 17.4. The average molecular weight is 393 g/mol. The van der Waals surface area contributed by atoms with Crippen molar-refractivity contribution < 1.29 is 4.79 Å². The first-order valence-corrected chi connectivity index (χ1v) is 10.8. The molecule has 2 heterocycles. The largest absolute Gasteiger partial charge is 0.398 e. The molecule has 5 nitrogen and oxygen atoms in total. The second-order valence-electron chi connectivity index (χ2n) is 8.31. The van der Waals surface area contributed by atoms with Gasteiger partial charge < -0.3 is 15.5 Å². The van der Waals surface area contributed by atoms with E-state index in [4.69, 9.17) is 5.73 Å². The molecule has 0 bridgehead atoms. The van der Waals surface area contributed by atoms with Gasteiger partial charge in [0.15, 0.2) is 0 Å². The van der Waals surface area contributed by atoms with Gasteiger partial charge in [-0.1, -0.05) is 30.3 Å². The van der Waals surface area contributed by atoms with Gasteiger partial charge >= 0.3 is 0 Å². The molecule has 2 aromatic carbocycles. The van der Waals surface area contributed by atoms with Gasteiger partial charge in [0.2, 0.25) is 5.91 Å². The topological polar surface area (TPSA) is 52.8 Å². The van der Waals surface area contributed by atoms with E-state index in [1.165, 1.54) is 16.7 Å². The van der Waals surface area contributed by atoms with Crippen molar-refractivity contribution in [3.8, 4) is 0 Å². The van der Waals surface area contributed by atoms with Crippen LogP contribution in [0.4, 0.5) is 11.4 Å². The molecule has 154 valence electrons. The SMILES string of the molecule is Cc1ccccc1CN1CCCN(C(=O)CN2CCCc3c(N)cccc32)CC1. The molecule has 2 aliphatic heterocycles. The van der Waals surface area contributed by atoms with Crippen molar-refractivity contribution in [3.05, 3.63) is 59.2 Å². The minimum Gasteiger partial charge on any atom is -0.398 e. The molecule has 0 aromatic heterocycles. The standard InChI is InChI=1S/C24H32N4O/c1-19-7-2-3-8-20(19)17-26-12-6-14-27(16-15-26)24(29)18-28-13-5-9-21-22(25)10-4-11-23(21)28/h2-4,7-8,10-11H,5-6,9,12-18,25H2,1H3. The summed E-state index contributed by atoms with van der Waals surface area (Å²) in [4.78, 5) is 19.8. The number of carbonyl (C=O) groups is 1. The van der Waals surface area contributed by atoms with Crippen molar-refractivity contribution in [3.63, 3.8) is 0 Å².